The minimum atomic E-state index is -3.69. The number of rotatable bonds is 8. The van der Waals surface area contributed by atoms with Gasteiger partial charge in [-0.25, -0.2) is 32.9 Å². The highest BCUT2D eigenvalue weighted by Gasteiger charge is 2.35. The highest BCUT2D eigenvalue weighted by atomic mass is 32.2. The smallest absolute Gasteiger partial charge is 0.262 e. The van der Waals surface area contributed by atoms with Gasteiger partial charge in [-0.1, -0.05) is 6.92 Å². The summed E-state index contributed by atoms with van der Waals surface area (Å²) in [6.45, 7) is 9.88. The molecule has 2 atom stereocenters. The summed E-state index contributed by atoms with van der Waals surface area (Å²) in [7, 11) is -1.96. The fraction of sp³-hybridized carbons (Fsp3) is 0.385. The monoisotopic (exact) mass is 564 g/mol. The van der Waals surface area contributed by atoms with Crippen molar-refractivity contribution in [3.8, 4) is 16.9 Å². The van der Waals surface area contributed by atoms with E-state index < -0.39 is 17.0 Å². The van der Waals surface area contributed by atoms with Crippen LogP contribution in [0.25, 0.3) is 21.8 Å². The van der Waals surface area contributed by atoms with Crippen molar-refractivity contribution >= 4 is 21.7 Å². The summed E-state index contributed by atoms with van der Waals surface area (Å²) in [5.74, 6) is 0.285. The van der Waals surface area contributed by atoms with E-state index in [0.29, 0.717) is 53.8 Å². The maximum absolute atomic E-state index is 13.0. The van der Waals surface area contributed by atoms with Crippen LogP contribution in [0, 0.1) is 19.4 Å². The Balaban J connectivity index is 1.31. The lowest BCUT2D eigenvalue weighted by Gasteiger charge is -2.36. The van der Waals surface area contributed by atoms with Crippen molar-refractivity contribution in [3.05, 3.63) is 66.1 Å². The molecule has 0 spiro atoms. The molecule has 1 aliphatic heterocycles. The summed E-state index contributed by atoms with van der Waals surface area (Å²) in [4.78, 5) is 21.1. The first-order valence-electron chi connectivity index (χ1n) is 14.1. The number of sulfonamides is 1. The maximum Gasteiger partial charge on any atom is 0.262 e. The number of pyridine rings is 1. The van der Waals surface area contributed by atoms with Gasteiger partial charge < -0.3 is 15.2 Å². The van der Waals surface area contributed by atoms with E-state index in [-0.39, 0.29) is 29.2 Å². The zero-order valence-electron chi connectivity index (χ0n) is 25.3. The van der Waals surface area contributed by atoms with Crippen molar-refractivity contribution in [2.75, 3.05) is 25.4 Å². The molecule has 14 heteroatoms. The molecule has 5 rings (SSSR count). The molecular weight excluding hydrogens is 530 g/mol. The Bertz CT molecular complexity index is 1780. The molecule has 0 unspecified atom stereocenters. The second-order valence-electron chi connectivity index (χ2n) is 9.73. The zero-order valence-corrected chi connectivity index (χ0v) is 23.1. The van der Waals surface area contributed by atoms with Gasteiger partial charge in [0, 0.05) is 61.0 Å². The SMILES string of the molecule is [2H]C([2H])([2H])NCc1ccc(-n2cc(-c3nc(N[C@H]4CCN(S(=O)(=O)c5cn(C)cn5)C[C@H]4C)ncc3[N+]#[C-])cn2)c(C)n1. The molecule has 1 saturated heterocycles. The third kappa shape index (κ3) is 5.44. The molecule has 0 amide bonds. The van der Waals surface area contributed by atoms with Crippen molar-refractivity contribution in [2.24, 2.45) is 13.0 Å². The maximum atomic E-state index is 13.0. The fourth-order valence-corrected chi connectivity index (χ4v) is 6.23. The lowest BCUT2D eigenvalue weighted by Crippen LogP contribution is -2.47. The minimum absolute atomic E-state index is 0.0317. The number of anilines is 1. The summed E-state index contributed by atoms with van der Waals surface area (Å²) in [6.07, 6.45) is 8.31. The lowest BCUT2D eigenvalue weighted by molar-refractivity contribution is 0.260. The van der Waals surface area contributed by atoms with Crippen molar-refractivity contribution in [1.82, 2.24) is 43.9 Å². The molecule has 0 bridgehead atoms. The first kappa shape index (κ1) is 23.7. The second-order valence-corrected chi connectivity index (χ2v) is 11.6. The van der Waals surface area contributed by atoms with Gasteiger partial charge in [0.1, 0.15) is 0 Å². The van der Waals surface area contributed by atoms with Gasteiger partial charge in [0.2, 0.25) is 11.6 Å². The van der Waals surface area contributed by atoms with Crippen LogP contribution in [-0.2, 0) is 23.6 Å². The summed E-state index contributed by atoms with van der Waals surface area (Å²) in [5.41, 5.74) is 3.21. The summed E-state index contributed by atoms with van der Waals surface area (Å²) >= 11 is 0. The van der Waals surface area contributed by atoms with Gasteiger partial charge in [0.15, 0.2) is 5.03 Å². The first-order chi connectivity index (χ1) is 20.3. The van der Waals surface area contributed by atoms with Crippen molar-refractivity contribution in [3.63, 3.8) is 0 Å². The lowest BCUT2D eigenvalue weighted by atomic mass is 9.95. The van der Waals surface area contributed by atoms with Crippen LogP contribution >= 0.6 is 0 Å². The third-order valence-corrected chi connectivity index (χ3v) is 8.60. The van der Waals surface area contributed by atoms with E-state index in [2.05, 4.69) is 40.5 Å². The molecule has 0 aromatic carbocycles. The van der Waals surface area contributed by atoms with Gasteiger partial charge in [-0.2, -0.15) is 9.40 Å². The van der Waals surface area contributed by atoms with E-state index in [1.807, 2.05) is 6.92 Å². The average molecular weight is 565 g/mol. The van der Waals surface area contributed by atoms with Crippen molar-refractivity contribution in [1.29, 1.82) is 0 Å². The van der Waals surface area contributed by atoms with E-state index >= 15 is 0 Å². The number of aryl methyl sites for hydroxylation is 2. The summed E-state index contributed by atoms with van der Waals surface area (Å²) < 4.78 is 52.7. The van der Waals surface area contributed by atoms with Crippen LogP contribution in [0.3, 0.4) is 0 Å². The molecule has 0 saturated carbocycles. The van der Waals surface area contributed by atoms with E-state index in [0.717, 1.165) is 0 Å². The van der Waals surface area contributed by atoms with E-state index in [4.69, 9.17) is 10.7 Å². The molecule has 4 aromatic heterocycles. The standard InChI is InChI=1S/C26H31N11O2S/c1-17-13-36(40(38,39)24-15-35(5)16-30-24)9-8-21(17)33-26-29-12-22(28-4)25(34-26)19-10-31-37(14-19)23-7-6-20(11-27-3)32-18(23)2/h6-7,10,12,14-17,21,27H,8-9,11,13H2,1-3,5H3,(H,29,33,34)/t17-,21+/m1/s1/i3D3. The molecule has 13 nitrogen and oxygen atoms in total. The van der Waals surface area contributed by atoms with Crippen LogP contribution in [0.2, 0.25) is 0 Å². The number of nitrogens with zero attached hydrogens (tertiary/aromatic N) is 9. The molecule has 4 aromatic rings. The van der Waals surface area contributed by atoms with Gasteiger partial charge in [-0.3, -0.25) is 4.98 Å². The second kappa shape index (κ2) is 11.1. The van der Waals surface area contributed by atoms with E-state index in [1.165, 1.54) is 23.0 Å². The van der Waals surface area contributed by atoms with Gasteiger partial charge in [0.05, 0.1) is 41.9 Å². The fourth-order valence-electron chi connectivity index (χ4n) is 4.71. The number of piperidine rings is 1. The number of imidazole rings is 1. The Labute approximate surface area is 237 Å². The molecule has 0 aliphatic carbocycles. The van der Waals surface area contributed by atoms with Crippen LogP contribution in [-0.4, -0.2) is 73.1 Å². The molecular formula is C26H31N11O2S. The predicted molar refractivity (Wildman–Crippen MR) is 149 cm³/mol. The van der Waals surface area contributed by atoms with E-state index in [9.17, 15) is 8.42 Å². The van der Waals surface area contributed by atoms with Crippen molar-refractivity contribution < 1.29 is 12.5 Å². The Morgan fingerprint density at radius 3 is 2.77 bits per heavy atom. The van der Waals surface area contributed by atoms with Crippen LogP contribution < -0.4 is 10.6 Å². The number of hydrogen-bond acceptors (Lipinski definition) is 9. The van der Waals surface area contributed by atoms with Crippen molar-refractivity contribution in [2.45, 2.75) is 37.9 Å². The number of nitrogens with one attached hydrogen (secondary N) is 2. The van der Waals surface area contributed by atoms with Gasteiger partial charge >= 0.3 is 0 Å². The molecule has 0 radical (unpaired) electrons. The van der Waals surface area contributed by atoms with Gasteiger partial charge in [0.25, 0.3) is 10.0 Å². The summed E-state index contributed by atoms with van der Waals surface area (Å²) in [5, 5.41) is 10.3. The van der Waals surface area contributed by atoms with Crippen LogP contribution in [0.4, 0.5) is 11.6 Å². The number of hydrogen-bond donors (Lipinski definition) is 2. The highest BCUT2D eigenvalue weighted by molar-refractivity contribution is 7.89. The molecule has 1 aliphatic rings. The Hall–Kier alpha value is -4.19. The predicted octanol–water partition coefficient (Wildman–Crippen LogP) is 2.55. The molecule has 1 fully saturated rings. The Morgan fingerprint density at radius 1 is 1.23 bits per heavy atom. The first-order valence-corrected chi connectivity index (χ1v) is 14.0. The van der Waals surface area contributed by atoms with Crippen LogP contribution in [0.1, 0.15) is 28.8 Å². The molecule has 40 heavy (non-hydrogen) atoms. The molecule has 208 valence electrons. The minimum Gasteiger partial charge on any atom is -0.351 e. The Kier molecular flexibility index (Phi) is 6.58. The normalized spacial score (nSPS) is 19.4. The van der Waals surface area contributed by atoms with Crippen LogP contribution in [0.15, 0.2) is 48.3 Å². The largest absolute Gasteiger partial charge is 0.351 e. The van der Waals surface area contributed by atoms with E-state index in [1.54, 1.807) is 47.7 Å². The zero-order chi connectivity index (χ0) is 30.9. The van der Waals surface area contributed by atoms with Gasteiger partial charge in [-0.15, -0.1) is 0 Å². The molecule has 2 N–H and O–H groups in total. The average Bonchev–Trinajstić information content (AvgIpc) is 3.62. The third-order valence-electron chi connectivity index (χ3n) is 6.85. The van der Waals surface area contributed by atoms with Gasteiger partial charge in [-0.05, 0) is 38.4 Å². The Morgan fingerprint density at radius 2 is 2.08 bits per heavy atom. The number of aromatic nitrogens is 7. The highest BCUT2D eigenvalue weighted by Crippen LogP contribution is 2.31. The van der Waals surface area contributed by atoms with Crippen LogP contribution in [0.5, 0.6) is 0 Å². The topological polar surface area (TPSA) is 140 Å². The quantitative estimate of drug-likeness (QED) is 0.309. The summed E-state index contributed by atoms with van der Waals surface area (Å²) in [6, 6.07) is 3.45. The molecule has 5 heterocycles.